The first-order valence-electron chi connectivity index (χ1n) is 12.4. The zero-order valence-corrected chi connectivity index (χ0v) is 25.0. The number of carbonyl (C=O) groups excluding carboxylic acids is 4. The molecule has 4 atom stereocenters. The lowest BCUT2D eigenvalue weighted by atomic mass is 9.90. The normalized spacial score (nSPS) is 19.2. The van der Waals surface area contributed by atoms with Gasteiger partial charge in [-0.25, -0.2) is 14.0 Å². The molecule has 2 rings (SSSR count). The molecule has 1 aliphatic carbocycles. The van der Waals surface area contributed by atoms with Crippen molar-refractivity contribution in [3.63, 3.8) is 0 Å². The van der Waals surface area contributed by atoms with Gasteiger partial charge in [-0.2, -0.15) is 0 Å². The molecule has 0 fully saturated rings. The fourth-order valence-corrected chi connectivity index (χ4v) is 4.28. The topological polar surface area (TPSA) is 158 Å². The van der Waals surface area contributed by atoms with Gasteiger partial charge in [0, 0.05) is 42.9 Å². The Bertz CT molecular complexity index is 1100. The van der Waals surface area contributed by atoms with Crippen molar-refractivity contribution in [3.8, 4) is 5.75 Å². The molecule has 1 aromatic carbocycles. The van der Waals surface area contributed by atoms with E-state index in [0.29, 0.717) is 4.47 Å². The van der Waals surface area contributed by atoms with E-state index in [2.05, 4.69) is 31.9 Å². The number of alkyl carbamates (subject to hydrolysis) is 2. The first-order valence-corrected chi connectivity index (χ1v) is 14.2. The Morgan fingerprint density at radius 2 is 1.73 bits per heavy atom. The molecule has 4 unspecified atom stereocenters. The SMILES string of the molecule is CC(C)CC(NC(=O)C1=CC(Oc2cc(F)ccc2Br)C(OC(=O)NCCCl)C(OC(=O)NCCCl)C1)C(N)=O. The van der Waals surface area contributed by atoms with Crippen molar-refractivity contribution >= 4 is 63.1 Å². The molecule has 15 heteroatoms. The molecule has 1 aliphatic rings. The highest BCUT2D eigenvalue weighted by atomic mass is 79.9. The summed E-state index contributed by atoms with van der Waals surface area (Å²) in [5.41, 5.74) is 5.54. The van der Waals surface area contributed by atoms with Crippen LogP contribution in [0.3, 0.4) is 0 Å². The number of hydrogen-bond donors (Lipinski definition) is 4. The predicted octanol–water partition coefficient (Wildman–Crippen LogP) is 3.35. The molecule has 0 saturated heterocycles. The van der Waals surface area contributed by atoms with Crippen LogP contribution >= 0.6 is 39.1 Å². The number of hydrogen-bond acceptors (Lipinski definition) is 7. The third-order valence-electron chi connectivity index (χ3n) is 5.51. The average molecular weight is 670 g/mol. The standard InChI is InChI=1S/C25H32BrCl2FN4O7/c1-13(2)9-17(22(30)34)33-23(35)14-10-19(38-18-12-15(29)3-4-16(18)26)21(40-25(37)32-8-6-28)20(11-14)39-24(36)31-7-5-27/h3-4,10,12-13,17,19-21H,5-9,11H2,1-2H3,(H2,30,34)(H,31,36)(H,32,37)(H,33,35). The highest BCUT2D eigenvalue weighted by molar-refractivity contribution is 9.10. The van der Waals surface area contributed by atoms with E-state index in [4.69, 9.17) is 43.1 Å². The van der Waals surface area contributed by atoms with Crippen LogP contribution in [-0.2, 0) is 19.1 Å². The molecule has 0 spiro atoms. The Morgan fingerprint density at radius 1 is 1.10 bits per heavy atom. The van der Waals surface area contributed by atoms with Crippen molar-refractivity contribution in [2.24, 2.45) is 11.7 Å². The Morgan fingerprint density at radius 3 is 2.30 bits per heavy atom. The molecule has 40 heavy (non-hydrogen) atoms. The summed E-state index contributed by atoms with van der Waals surface area (Å²) < 4.78 is 31.4. The minimum Gasteiger partial charge on any atom is -0.481 e. The second-order valence-electron chi connectivity index (χ2n) is 9.16. The number of carbonyl (C=O) groups is 4. The van der Waals surface area contributed by atoms with E-state index in [0.717, 1.165) is 6.07 Å². The maximum absolute atomic E-state index is 14.0. The molecule has 0 aromatic heterocycles. The Balaban J connectivity index is 2.49. The van der Waals surface area contributed by atoms with Crippen molar-refractivity contribution in [3.05, 3.63) is 40.1 Å². The van der Waals surface area contributed by atoms with Crippen LogP contribution in [0.4, 0.5) is 14.0 Å². The van der Waals surface area contributed by atoms with E-state index in [1.807, 2.05) is 13.8 Å². The molecule has 0 radical (unpaired) electrons. The van der Waals surface area contributed by atoms with Crippen molar-refractivity contribution in [1.29, 1.82) is 0 Å². The Kier molecular flexibility index (Phi) is 13.8. The molecule has 222 valence electrons. The molecular formula is C25H32BrCl2FN4O7. The summed E-state index contributed by atoms with van der Waals surface area (Å²) in [5, 5.41) is 7.48. The largest absolute Gasteiger partial charge is 0.481 e. The van der Waals surface area contributed by atoms with Gasteiger partial charge in [-0.15, -0.1) is 23.2 Å². The molecule has 0 aliphatic heterocycles. The summed E-state index contributed by atoms with van der Waals surface area (Å²) in [6.07, 6.45) is -4.11. The van der Waals surface area contributed by atoms with Gasteiger partial charge in [0.25, 0.3) is 0 Å². The summed E-state index contributed by atoms with van der Waals surface area (Å²) in [4.78, 5) is 50.2. The lowest BCUT2D eigenvalue weighted by Gasteiger charge is -2.36. The van der Waals surface area contributed by atoms with Crippen LogP contribution in [0.5, 0.6) is 5.75 Å². The number of halogens is 4. The molecule has 11 nitrogen and oxygen atoms in total. The van der Waals surface area contributed by atoms with E-state index in [1.165, 1.54) is 18.2 Å². The first kappa shape index (κ1) is 33.4. The molecule has 4 amide bonds. The summed E-state index contributed by atoms with van der Waals surface area (Å²) in [5.74, 6) is -1.71. The highest BCUT2D eigenvalue weighted by Gasteiger charge is 2.42. The number of nitrogens with one attached hydrogen (secondary N) is 3. The first-order chi connectivity index (χ1) is 18.9. The Labute approximate surface area is 249 Å². The zero-order chi connectivity index (χ0) is 29.8. The van der Waals surface area contributed by atoms with Crippen LogP contribution in [0.2, 0.25) is 0 Å². The quantitative estimate of drug-likeness (QED) is 0.235. The van der Waals surface area contributed by atoms with Gasteiger partial charge in [-0.3, -0.25) is 9.59 Å². The van der Waals surface area contributed by atoms with E-state index < -0.39 is 54.2 Å². The monoisotopic (exact) mass is 668 g/mol. The second kappa shape index (κ2) is 16.5. The summed E-state index contributed by atoms with van der Waals surface area (Å²) in [6, 6.07) is 2.73. The van der Waals surface area contributed by atoms with E-state index in [1.54, 1.807) is 0 Å². The fraction of sp³-hybridized carbons (Fsp3) is 0.520. The lowest BCUT2D eigenvalue weighted by molar-refractivity contribution is -0.126. The van der Waals surface area contributed by atoms with Gasteiger partial charge in [0.2, 0.25) is 11.8 Å². The number of rotatable bonds is 13. The van der Waals surface area contributed by atoms with Crippen LogP contribution in [-0.4, -0.2) is 73.2 Å². The van der Waals surface area contributed by atoms with Crippen LogP contribution < -0.4 is 26.4 Å². The number of benzene rings is 1. The van der Waals surface area contributed by atoms with Gasteiger partial charge in [0.1, 0.15) is 23.7 Å². The number of nitrogens with two attached hydrogens (primary N) is 1. The summed E-state index contributed by atoms with van der Waals surface area (Å²) >= 11 is 14.6. The van der Waals surface area contributed by atoms with E-state index in [-0.39, 0.29) is 54.9 Å². The minimum absolute atomic E-state index is 0.0258. The van der Waals surface area contributed by atoms with Crippen molar-refractivity contribution in [2.45, 2.75) is 51.0 Å². The lowest BCUT2D eigenvalue weighted by Crippen LogP contribution is -2.52. The molecular weight excluding hydrogens is 638 g/mol. The zero-order valence-electron chi connectivity index (χ0n) is 21.9. The second-order valence-corrected chi connectivity index (χ2v) is 10.8. The van der Waals surface area contributed by atoms with Gasteiger partial charge in [0.05, 0.1) is 4.47 Å². The molecule has 5 N–H and O–H groups in total. The maximum Gasteiger partial charge on any atom is 0.407 e. The molecule has 1 aromatic rings. The smallest absolute Gasteiger partial charge is 0.407 e. The van der Waals surface area contributed by atoms with E-state index in [9.17, 15) is 23.6 Å². The third kappa shape index (κ3) is 10.7. The van der Waals surface area contributed by atoms with Crippen LogP contribution in [0, 0.1) is 11.7 Å². The minimum atomic E-state index is -1.29. The third-order valence-corrected chi connectivity index (χ3v) is 6.54. The average Bonchev–Trinajstić information content (AvgIpc) is 2.89. The van der Waals surface area contributed by atoms with Crippen molar-refractivity contribution in [2.75, 3.05) is 24.8 Å². The predicted molar refractivity (Wildman–Crippen MR) is 150 cm³/mol. The van der Waals surface area contributed by atoms with Crippen molar-refractivity contribution < 1.29 is 37.8 Å². The molecule has 0 bridgehead atoms. The number of amides is 4. The maximum atomic E-state index is 14.0. The number of alkyl halides is 2. The van der Waals surface area contributed by atoms with Gasteiger partial charge in [-0.1, -0.05) is 13.8 Å². The van der Waals surface area contributed by atoms with Gasteiger partial charge in [0.15, 0.2) is 12.2 Å². The van der Waals surface area contributed by atoms with Gasteiger partial charge < -0.3 is 35.9 Å². The van der Waals surface area contributed by atoms with E-state index >= 15 is 0 Å². The summed E-state index contributed by atoms with van der Waals surface area (Å²) in [6.45, 7) is 3.90. The van der Waals surface area contributed by atoms with Crippen LogP contribution in [0.1, 0.15) is 26.7 Å². The fourth-order valence-electron chi connectivity index (χ4n) is 3.75. The van der Waals surface area contributed by atoms with Gasteiger partial charge >= 0.3 is 12.2 Å². The highest BCUT2D eigenvalue weighted by Crippen LogP contribution is 2.32. The van der Waals surface area contributed by atoms with Gasteiger partial charge in [-0.05, 0) is 46.5 Å². The summed E-state index contributed by atoms with van der Waals surface area (Å²) in [7, 11) is 0. The number of ether oxygens (including phenoxy) is 3. The van der Waals surface area contributed by atoms with Crippen LogP contribution in [0.25, 0.3) is 0 Å². The molecule has 0 heterocycles. The Hall–Kier alpha value is -2.77. The van der Waals surface area contributed by atoms with Crippen LogP contribution in [0.15, 0.2) is 34.3 Å². The van der Waals surface area contributed by atoms with Crippen molar-refractivity contribution in [1.82, 2.24) is 16.0 Å². The number of primary amides is 1. The molecule has 0 saturated carbocycles.